The van der Waals surface area contributed by atoms with Gasteiger partial charge >= 0.3 is 12.1 Å². The molecule has 9 rings (SSSR count). The molecule has 4 fully saturated rings. The number of rotatable bonds is 7. The van der Waals surface area contributed by atoms with E-state index in [9.17, 15) is 9.18 Å². The second-order valence-corrected chi connectivity index (χ2v) is 17.3. The lowest BCUT2D eigenvalue weighted by Crippen LogP contribution is -2.72. The van der Waals surface area contributed by atoms with E-state index in [0.29, 0.717) is 4.90 Å². The van der Waals surface area contributed by atoms with E-state index in [0.717, 1.165) is 44.8 Å². The van der Waals surface area contributed by atoms with E-state index in [-0.39, 0.29) is 94.4 Å². The summed E-state index contributed by atoms with van der Waals surface area (Å²) in [6.45, 7) is 8.02. The fraction of sp³-hybridized carbons (Fsp3) is 0.561. The molecule has 0 aliphatic carbocycles. The number of benzene rings is 2. The highest BCUT2D eigenvalue weighted by molar-refractivity contribution is 6.01. The van der Waals surface area contributed by atoms with Crippen molar-refractivity contribution in [2.45, 2.75) is 101 Å². The monoisotopic (exact) mass is 796 g/mol. The van der Waals surface area contributed by atoms with Crippen LogP contribution in [0, 0.1) is 23.4 Å². The summed E-state index contributed by atoms with van der Waals surface area (Å²) < 4.78 is 106. The Morgan fingerprint density at radius 2 is 1.70 bits per heavy atom. The van der Waals surface area contributed by atoms with Crippen LogP contribution in [0.3, 0.4) is 0 Å². The Hall–Kier alpha value is -4.57. The topological polar surface area (TPSA) is 102 Å². The Kier molecular flexibility index (Phi) is 8.81. The molecule has 304 valence electrons. The number of aromatic nitrogens is 3. The molecule has 0 N–H and O–H groups in total. The zero-order chi connectivity index (χ0) is 40.2. The van der Waals surface area contributed by atoms with Crippen molar-refractivity contribution < 1.29 is 45.7 Å². The van der Waals surface area contributed by atoms with E-state index in [1.165, 1.54) is 30.2 Å². The van der Waals surface area contributed by atoms with Crippen LogP contribution in [0.25, 0.3) is 32.9 Å². The molecule has 4 saturated heterocycles. The zero-order valence-electron chi connectivity index (χ0n) is 32.6. The highest BCUT2D eigenvalue weighted by Gasteiger charge is 2.70. The molecule has 0 spiro atoms. The van der Waals surface area contributed by atoms with E-state index >= 15 is 17.6 Å². The Labute approximate surface area is 326 Å². The minimum Gasteiger partial charge on any atom is -0.468 e. The van der Waals surface area contributed by atoms with Gasteiger partial charge in [0.15, 0.2) is 24.2 Å². The molecule has 16 heteroatoms. The summed E-state index contributed by atoms with van der Waals surface area (Å²) in [4.78, 5) is 32.3. The van der Waals surface area contributed by atoms with Gasteiger partial charge in [0.05, 0.1) is 29.2 Å². The van der Waals surface area contributed by atoms with Gasteiger partial charge in [-0.05, 0) is 95.5 Å². The first kappa shape index (κ1) is 38.0. The SMILES string of the molecule is COCOc1cc(-c2nc3c4c(nc(OCC56CCCN5CCC6)nc4c2F)N2C[C@@]4(F)CC[C@@](F)([C@@H]2[C@@H](C)C3)N4C(=O)OC(C)(C)C)c2c(F)c(F)ccc2c1. The average Bonchev–Trinajstić information content (AvgIpc) is 3.77. The Bertz CT molecular complexity index is 2300. The van der Waals surface area contributed by atoms with E-state index in [2.05, 4.69) is 9.88 Å². The Balaban J connectivity index is 1.25. The number of hydrogen-bond donors (Lipinski definition) is 0. The van der Waals surface area contributed by atoms with Crippen molar-refractivity contribution in [2.75, 3.05) is 45.0 Å². The highest BCUT2D eigenvalue weighted by Crippen LogP contribution is 2.56. The molecule has 4 atom stereocenters. The summed E-state index contributed by atoms with van der Waals surface area (Å²) in [5.74, 6) is -8.91. The first-order chi connectivity index (χ1) is 27.1. The van der Waals surface area contributed by atoms with Crippen LogP contribution in [-0.4, -0.2) is 99.8 Å². The number of methoxy groups -OCH3 is 1. The number of halogens is 5. The lowest BCUT2D eigenvalue weighted by Gasteiger charge is -2.53. The first-order valence-electron chi connectivity index (χ1n) is 19.6. The van der Waals surface area contributed by atoms with E-state index in [1.807, 2.05) is 0 Å². The molecule has 2 bridgehead atoms. The fourth-order valence-corrected chi connectivity index (χ4v) is 10.2. The van der Waals surface area contributed by atoms with E-state index in [4.69, 9.17) is 28.9 Å². The average molecular weight is 797 g/mol. The third-order valence-corrected chi connectivity index (χ3v) is 12.4. The number of alkyl halides is 2. The number of anilines is 1. The molecule has 4 aromatic rings. The van der Waals surface area contributed by atoms with Crippen molar-refractivity contribution in [3.05, 3.63) is 47.4 Å². The molecule has 2 aromatic carbocycles. The zero-order valence-corrected chi connectivity index (χ0v) is 32.6. The summed E-state index contributed by atoms with van der Waals surface area (Å²) in [5.41, 5.74) is -1.78. The smallest absolute Gasteiger partial charge is 0.415 e. The van der Waals surface area contributed by atoms with Crippen LogP contribution in [0.1, 0.15) is 71.9 Å². The van der Waals surface area contributed by atoms with Crippen LogP contribution in [0.15, 0.2) is 24.3 Å². The Morgan fingerprint density at radius 1 is 0.947 bits per heavy atom. The van der Waals surface area contributed by atoms with Gasteiger partial charge in [-0.15, -0.1) is 0 Å². The molecule has 0 unspecified atom stereocenters. The van der Waals surface area contributed by atoms with Gasteiger partial charge in [0.25, 0.3) is 0 Å². The molecule has 57 heavy (non-hydrogen) atoms. The number of fused-ring (bicyclic) bond motifs is 7. The maximum Gasteiger partial charge on any atom is 0.415 e. The van der Waals surface area contributed by atoms with Gasteiger partial charge < -0.3 is 23.8 Å². The predicted molar refractivity (Wildman–Crippen MR) is 200 cm³/mol. The van der Waals surface area contributed by atoms with Crippen molar-refractivity contribution in [3.8, 4) is 23.0 Å². The third-order valence-electron chi connectivity index (χ3n) is 12.4. The van der Waals surface area contributed by atoms with Gasteiger partial charge in [0.1, 0.15) is 35.0 Å². The van der Waals surface area contributed by atoms with Crippen LogP contribution < -0.4 is 14.4 Å². The Morgan fingerprint density at radius 3 is 2.42 bits per heavy atom. The third kappa shape index (κ3) is 5.94. The summed E-state index contributed by atoms with van der Waals surface area (Å²) in [5, 5.41) is 0.0847. The van der Waals surface area contributed by atoms with Gasteiger partial charge in [-0.2, -0.15) is 9.97 Å². The second kappa shape index (κ2) is 13.2. The summed E-state index contributed by atoms with van der Waals surface area (Å²) in [7, 11) is 1.42. The van der Waals surface area contributed by atoms with Crippen molar-refractivity contribution in [1.29, 1.82) is 0 Å². The maximum atomic E-state index is 17.9. The first-order valence-corrected chi connectivity index (χ1v) is 19.6. The molecule has 11 nitrogen and oxygen atoms in total. The molecule has 5 aliphatic heterocycles. The van der Waals surface area contributed by atoms with E-state index < -0.39 is 59.2 Å². The van der Waals surface area contributed by atoms with Gasteiger partial charge in [0.2, 0.25) is 11.6 Å². The molecule has 1 amide bonds. The summed E-state index contributed by atoms with van der Waals surface area (Å²) in [6.07, 6.45) is 2.06. The molecular formula is C41H45F5N6O5. The van der Waals surface area contributed by atoms with Crippen LogP contribution >= 0.6 is 0 Å². The minimum atomic E-state index is -2.56. The highest BCUT2D eigenvalue weighted by atomic mass is 19.2. The van der Waals surface area contributed by atoms with Crippen LogP contribution in [0.2, 0.25) is 0 Å². The van der Waals surface area contributed by atoms with Crippen molar-refractivity contribution in [2.24, 2.45) is 5.92 Å². The molecule has 7 heterocycles. The van der Waals surface area contributed by atoms with Crippen molar-refractivity contribution in [1.82, 2.24) is 24.8 Å². The standard InChI is InChI=1S/C41H45F5N6O5/c1-22-16-27-29-33(31(44)32(47-27)25-18-24(56-21-54-5)17-23-8-9-26(42)30(43)28(23)25)48-36(55-20-39-10-6-14-50(39)15-7-11-39)49-35(29)51-19-40(45)12-13-41(46,34(22)51)52(40)37(53)57-38(2,3)4/h8-9,17-18,22,34H,6-7,10-16,19-21H2,1-5H3/t22-,34-,40+,41-/m0/s1. The van der Waals surface area contributed by atoms with E-state index in [1.54, 1.807) is 27.7 Å². The summed E-state index contributed by atoms with van der Waals surface area (Å²) >= 11 is 0. The lowest BCUT2D eigenvalue weighted by atomic mass is 9.86. The van der Waals surface area contributed by atoms with Crippen LogP contribution in [-0.2, 0) is 15.9 Å². The molecule has 0 radical (unpaired) electrons. The van der Waals surface area contributed by atoms with Gasteiger partial charge in [-0.1, -0.05) is 13.0 Å². The second-order valence-electron chi connectivity index (χ2n) is 17.3. The number of pyridine rings is 1. The van der Waals surface area contributed by atoms with Gasteiger partial charge in [-0.3, -0.25) is 4.90 Å². The normalized spacial score (nSPS) is 26.5. The number of carbonyl (C=O) groups is 1. The number of nitrogens with zero attached hydrogens (tertiary/aromatic N) is 6. The summed E-state index contributed by atoms with van der Waals surface area (Å²) in [6, 6.07) is 3.77. The molecular weight excluding hydrogens is 751 g/mol. The number of hydrogen-bond acceptors (Lipinski definition) is 10. The molecule has 0 saturated carbocycles. The van der Waals surface area contributed by atoms with Gasteiger partial charge in [-0.25, -0.2) is 36.6 Å². The van der Waals surface area contributed by atoms with Crippen LogP contribution in [0.5, 0.6) is 11.8 Å². The maximum absolute atomic E-state index is 17.9. The van der Waals surface area contributed by atoms with Crippen molar-refractivity contribution >= 4 is 33.6 Å². The quantitative estimate of drug-likeness (QED) is 0.104. The number of piperazine rings is 1. The number of ether oxygens (including phenoxy) is 4. The van der Waals surface area contributed by atoms with Crippen LogP contribution in [0.4, 0.5) is 32.6 Å². The largest absolute Gasteiger partial charge is 0.468 e. The predicted octanol–water partition coefficient (Wildman–Crippen LogP) is 8.00. The lowest BCUT2D eigenvalue weighted by molar-refractivity contribution is -0.139. The molecule has 5 aliphatic rings. The molecule has 2 aromatic heterocycles. The van der Waals surface area contributed by atoms with Crippen molar-refractivity contribution in [3.63, 3.8) is 0 Å². The number of amides is 1. The van der Waals surface area contributed by atoms with Gasteiger partial charge in [0, 0.05) is 30.9 Å². The fourth-order valence-electron chi connectivity index (χ4n) is 10.2. The number of carbonyl (C=O) groups excluding carboxylic acids is 1. The minimum absolute atomic E-state index is 0.00133.